The summed E-state index contributed by atoms with van der Waals surface area (Å²) in [5.74, 6) is 0.436. The monoisotopic (exact) mass is 271 g/mol. The fraction of sp³-hybridized carbons (Fsp3) is 0.200. The van der Waals surface area contributed by atoms with Crippen LogP contribution in [0.4, 0.5) is 11.4 Å². The summed E-state index contributed by atoms with van der Waals surface area (Å²) >= 11 is 0. The molecule has 20 heavy (non-hydrogen) atoms. The molecule has 5 heteroatoms. The standard InChI is InChI=1S/C15H17N3O2/c1-11-4-3-5-12(8-11)18-14(19)10-16-13-6-7-15(20-2)17-9-13/h3-9,16H,10H2,1-2H3,(H,18,19). The number of benzene rings is 1. The average Bonchev–Trinajstić information content (AvgIpc) is 2.46. The number of rotatable bonds is 5. The minimum atomic E-state index is -0.105. The van der Waals surface area contributed by atoms with E-state index in [0.29, 0.717) is 5.88 Å². The number of nitrogens with zero attached hydrogens (tertiary/aromatic N) is 1. The summed E-state index contributed by atoms with van der Waals surface area (Å²) < 4.78 is 4.97. The molecular weight excluding hydrogens is 254 g/mol. The molecule has 0 spiro atoms. The summed E-state index contributed by atoms with van der Waals surface area (Å²) in [6, 6.07) is 11.2. The first-order chi connectivity index (χ1) is 9.67. The number of methoxy groups -OCH3 is 1. The van der Waals surface area contributed by atoms with Gasteiger partial charge in [0.05, 0.1) is 25.5 Å². The predicted octanol–water partition coefficient (Wildman–Crippen LogP) is 2.45. The smallest absolute Gasteiger partial charge is 0.243 e. The van der Waals surface area contributed by atoms with Crippen LogP contribution in [0, 0.1) is 6.92 Å². The van der Waals surface area contributed by atoms with Gasteiger partial charge in [-0.25, -0.2) is 4.98 Å². The van der Waals surface area contributed by atoms with Crippen LogP contribution in [0.15, 0.2) is 42.6 Å². The Hall–Kier alpha value is -2.56. The molecule has 0 saturated heterocycles. The molecular formula is C15H17N3O2. The number of carbonyl (C=O) groups is 1. The van der Waals surface area contributed by atoms with Crippen molar-refractivity contribution < 1.29 is 9.53 Å². The van der Waals surface area contributed by atoms with Crippen molar-refractivity contribution in [2.75, 3.05) is 24.3 Å². The number of aryl methyl sites for hydroxylation is 1. The van der Waals surface area contributed by atoms with Crippen molar-refractivity contribution >= 4 is 17.3 Å². The van der Waals surface area contributed by atoms with Crippen molar-refractivity contribution in [3.05, 3.63) is 48.2 Å². The number of pyridine rings is 1. The molecule has 0 fully saturated rings. The van der Waals surface area contributed by atoms with Crippen LogP contribution in [0.2, 0.25) is 0 Å². The predicted molar refractivity (Wildman–Crippen MR) is 79.1 cm³/mol. The Morgan fingerprint density at radius 2 is 2.10 bits per heavy atom. The van der Waals surface area contributed by atoms with E-state index in [4.69, 9.17) is 4.74 Å². The van der Waals surface area contributed by atoms with Gasteiger partial charge in [0.2, 0.25) is 11.8 Å². The largest absolute Gasteiger partial charge is 0.481 e. The number of aromatic nitrogens is 1. The minimum absolute atomic E-state index is 0.105. The van der Waals surface area contributed by atoms with E-state index >= 15 is 0 Å². The molecule has 2 aromatic rings. The Bertz CT molecular complexity index is 582. The van der Waals surface area contributed by atoms with Crippen LogP contribution in [-0.4, -0.2) is 24.5 Å². The molecule has 0 bridgehead atoms. The maximum atomic E-state index is 11.8. The topological polar surface area (TPSA) is 63.2 Å². The average molecular weight is 271 g/mol. The summed E-state index contributed by atoms with van der Waals surface area (Å²) in [6.07, 6.45) is 1.62. The molecule has 0 aliphatic heterocycles. The van der Waals surface area contributed by atoms with Gasteiger partial charge in [0.1, 0.15) is 0 Å². The van der Waals surface area contributed by atoms with E-state index in [1.807, 2.05) is 37.3 Å². The number of anilines is 2. The number of hydrogen-bond donors (Lipinski definition) is 2. The van der Waals surface area contributed by atoms with Gasteiger partial charge in [-0.2, -0.15) is 0 Å². The van der Waals surface area contributed by atoms with Crippen molar-refractivity contribution in [3.8, 4) is 5.88 Å². The summed E-state index contributed by atoms with van der Waals surface area (Å²) in [4.78, 5) is 15.9. The summed E-state index contributed by atoms with van der Waals surface area (Å²) in [5.41, 5.74) is 2.67. The highest BCUT2D eigenvalue weighted by molar-refractivity contribution is 5.93. The Morgan fingerprint density at radius 1 is 1.25 bits per heavy atom. The Morgan fingerprint density at radius 3 is 2.75 bits per heavy atom. The van der Waals surface area contributed by atoms with Gasteiger partial charge < -0.3 is 15.4 Å². The van der Waals surface area contributed by atoms with E-state index < -0.39 is 0 Å². The van der Waals surface area contributed by atoms with E-state index in [9.17, 15) is 4.79 Å². The SMILES string of the molecule is COc1ccc(NCC(=O)Nc2cccc(C)c2)cn1. The van der Waals surface area contributed by atoms with Gasteiger partial charge in [0.15, 0.2) is 0 Å². The lowest BCUT2D eigenvalue weighted by atomic mass is 10.2. The van der Waals surface area contributed by atoms with E-state index in [1.54, 1.807) is 19.4 Å². The van der Waals surface area contributed by atoms with Crippen molar-refractivity contribution in [1.29, 1.82) is 0 Å². The van der Waals surface area contributed by atoms with Gasteiger partial charge in [-0.1, -0.05) is 12.1 Å². The Kier molecular flexibility index (Phi) is 4.55. The zero-order chi connectivity index (χ0) is 14.4. The van der Waals surface area contributed by atoms with E-state index in [0.717, 1.165) is 16.9 Å². The zero-order valence-corrected chi connectivity index (χ0v) is 11.5. The number of hydrogen-bond acceptors (Lipinski definition) is 4. The van der Waals surface area contributed by atoms with Crippen LogP contribution in [0.5, 0.6) is 5.88 Å². The van der Waals surface area contributed by atoms with Crippen LogP contribution in [-0.2, 0) is 4.79 Å². The molecule has 0 atom stereocenters. The third-order valence-corrected chi connectivity index (χ3v) is 2.70. The lowest BCUT2D eigenvalue weighted by molar-refractivity contribution is -0.114. The number of carbonyl (C=O) groups excluding carboxylic acids is 1. The van der Waals surface area contributed by atoms with Crippen LogP contribution in [0.25, 0.3) is 0 Å². The molecule has 0 radical (unpaired) electrons. The molecule has 1 aromatic heterocycles. The molecule has 1 aromatic carbocycles. The highest BCUT2D eigenvalue weighted by Gasteiger charge is 2.03. The minimum Gasteiger partial charge on any atom is -0.481 e. The van der Waals surface area contributed by atoms with Gasteiger partial charge in [0.25, 0.3) is 0 Å². The Balaban J connectivity index is 1.85. The summed E-state index contributed by atoms with van der Waals surface area (Å²) in [6.45, 7) is 2.17. The highest BCUT2D eigenvalue weighted by atomic mass is 16.5. The second-order valence-electron chi connectivity index (χ2n) is 4.36. The van der Waals surface area contributed by atoms with Crippen LogP contribution >= 0.6 is 0 Å². The Labute approximate surface area is 118 Å². The van der Waals surface area contributed by atoms with Crippen molar-refractivity contribution in [1.82, 2.24) is 4.98 Å². The van der Waals surface area contributed by atoms with Gasteiger partial charge in [-0.15, -0.1) is 0 Å². The molecule has 0 aliphatic carbocycles. The van der Waals surface area contributed by atoms with Crippen molar-refractivity contribution in [2.45, 2.75) is 6.92 Å². The van der Waals surface area contributed by atoms with Gasteiger partial charge in [0, 0.05) is 11.8 Å². The molecule has 5 nitrogen and oxygen atoms in total. The lowest BCUT2D eigenvalue weighted by Gasteiger charge is -2.08. The first kappa shape index (κ1) is 13.9. The maximum absolute atomic E-state index is 11.8. The van der Waals surface area contributed by atoms with E-state index in [1.165, 1.54) is 0 Å². The van der Waals surface area contributed by atoms with Gasteiger partial charge in [-0.3, -0.25) is 4.79 Å². The second-order valence-corrected chi connectivity index (χ2v) is 4.36. The third-order valence-electron chi connectivity index (χ3n) is 2.70. The highest BCUT2D eigenvalue weighted by Crippen LogP contribution is 2.11. The molecule has 0 unspecified atom stereocenters. The molecule has 0 saturated carbocycles. The lowest BCUT2D eigenvalue weighted by Crippen LogP contribution is -2.21. The third kappa shape index (κ3) is 3.98. The molecule has 104 valence electrons. The first-order valence-corrected chi connectivity index (χ1v) is 6.28. The van der Waals surface area contributed by atoms with Crippen molar-refractivity contribution in [2.24, 2.45) is 0 Å². The van der Waals surface area contributed by atoms with Gasteiger partial charge in [-0.05, 0) is 30.7 Å². The summed E-state index contributed by atoms with van der Waals surface area (Å²) in [5, 5.41) is 5.83. The second kappa shape index (κ2) is 6.56. The molecule has 1 heterocycles. The molecule has 2 rings (SSSR count). The van der Waals surface area contributed by atoms with Crippen LogP contribution in [0.1, 0.15) is 5.56 Å². The number of amides is 1. The first-order valence-electron chi connectivity index (χ1n) is 6.28. The fourth-order valence-electron chi connectivity index (χ4n) is 1.72. The van der Waals surface area contributed by atoms with E-state index in [-0.39, 0.29) is 12.5 Å². The van der Waals surface area contributed by atoms with Crippen LogP contribution in [0.3, 0.4) is 0 Å². The summed E-state index contributed by atoms with van der Waals surface area (Å²) in [7, 11) is 1.56. The van der Waals surface area contributed by atoms with E-state index in [2.05, 4.69) is 15.6 Å². The number of ether oxygens (including phenoxy) is 1. The quantitative estimate of drug-likeness (QED) is 0.876. The maximum Gasteiger partial charge on any atom is 0.243 e. The van der Waals surface area contributed by atoms with Gasteiger partial charge >= 0.3 is 0 Å². The normalized spacial score (nSPS) is 9.90. The fourth-order valence-corrected chi connectivity index (χ4v) is 1.72. The van der Waals surface area contributed by atoms with Crippen molar-refractivity contribution in [3.63, 3.8) is 0 Å². The molecule has 1 amide bonds. The number of nitrogens with one attached hydrogen (secondary N) is 2. The van der Waals surface area contributed by atoms with Crippen LogP contribution < -0.4 is 15.4 Å². The molecule has 0 aliphatic rings. The molecule has 2 N–H and O–H groups in total. The zero-order valence-electron chi connectivity index (χ0n) is 11.5.